The van der Waals surface area contributed by atoms with Gasteiger partial charge < -0.3 is 31.7 Å². The lowest BCUT2D eigenvalue weighted by Gasteiger charge is -2.38. The highest BCUT2D eigenvalue weighted by Gasteiger charge is 2.41. The first-order valence-corrected chi connectivity index (χ1v) is 14.7. The quantitative estimate of drug-likeness (QED) is 0.305. The number of guanidine groups is 1. The van der Waals surface area contributed by atoms with E-state index in [0.717, 1.165) is 12.8 Å². The molecule has 3 fully saturated rings. The molecule has 0 saturated carbocycles. The molecule has 14 nitrogen and oxygen atoms in total. The molecule has 2 amide bonds. The Labute approximate surface area is 236 Å². The largest absolute Gasteiger partial charge is 0.382 e. The maximum atomic E-state index is 13.2. The van der Waals surface area contributed by atoms with Crippen LogP contribution in [0.25, 0.3) is 0 Å². The van der Waals surface area contributed by atoms with Crippen molar-refractivity contribution in [3.8, 4) is 0 Å². The van der Waals surface area contributed by atoms with Gasteiger partial charge in [0, 0.05) is 38.3 Å². The van der Waals surface area contributed by atoms with Gasteiger partial charge in [0.15, 0.2) is 28.4 Å². The van der Waals surface area contributed by atoms with Gasteiger partial charge in [0.05, 0.1) is 16.5 Å². The normalized spacial score (nSPS) is 21.4. The number of amides is 2. The number of nitrogens with two attached hydrogens (primary N) is 2. The predicted octanol–water partition coefficient (Wildman–Crippen LogP) is 0.116. The summed E-state index contributed by atoms with van der Waals surface area (Å²) in [6.07, 6.45) is 2.75. The number of hydrogen-bond acceptors (Lipinski definition) is 9. The van der Waals surface area contributed by atoms with Crippen LogP contribution in [0.2, 0.25) is 5.15 Å². The molecule has 7 N–H and O–H groups in total. The first-order chi connectivity index (χ1) is 19.1. The van der Waals surface area contributed by atoms with E-state index in [1.165, 1.54) is 12.1 Å². The Kier molecular flexibility index (Phi) is 7.81. The Balaban J connectivity index is 1.19. The van der Waals surface area contributed by atoms with Crippen LogP contribution >= 0.6 is 11.6 Å². The minimum Gasteiger partial charge on any atom is -0.382 e. The van der Waals surface area contributed by atoms with Crippen LogP contribution in [0.15, 0.2) is 34.2 Å². The van der Waals surface area contributed by atoms with Crippen LogP contribution in [0.5, 0.6) is 0 Å². The van der Waals surface area contributed by atoms with Crippen LogP contribution in [0.1, 0.15) is 46.5 Å². The molecule has 1 unspecified atom stereocenters. The minimum atomic E-state index is -3.79. The highest BCUT2D eigenvalue weighted by atomic mass is 35.5. The van der Waals surface area contributed by atoms with Gasteiger partial charge in [0.1, 0.15) is 0 Å². The number of aromatic nitrogens is 2. The zero-order valence-corrected chi connectivity index (χ0v) is 23.1. The maximum Gasteiger partial charge on any atom is 0.302 e. The van der Waals surface area contributed by atoms with Gasteiger partial charge in [-0.15, -0.1) is 0 Å². The predicted molar refractivity (Wildman–Crippen MR) is 147 cm³/mol. The minimum absolute atomic E-state index is 0.0322. The number of nitrogens with one attached hydrogen (secondary N) is 3. The summed E-state index contributed by atoms with van der Waals surface area (Å²) in [6, 6.07) is 6.03. The van der Waals surface area contributed by atoms with Gasteiger partial charge in [-0.25, -0.2) is 23.1 Å². The van der Waals surface area contributed by atoms with E-state index >= 15 is 0 Å². The van der Waals surface area contributed by atoms with Crippen LogP contribution in [0.3, 0.4) is 0 Å². The van der Waals surface area contributed by atoms with Crippen LogP contribution in [-0.4, -0.2) is 85.5 Å². The molecule has 1 atom stereocenters. The number of anilines is 2. The molecule has 1 spiro atoms. The molecule has 40 heavy (non-hydrogen) atoms. The number of rotatable bonds is 6. The summed E-state index contributed by atoms with van der Waals surface area (Å²) in [7, 11) is -3.79. The first kappa shape index (κ1) is 28.0. The average molecular weight is 592 g/mol. The van der Waals surface area contributed by atoms with Crippen molar-refractivity contribution in [1.82, 2.24) is 30.2 Å². The van der Waals surface area contributed by atoms with E-state index < -0.39 is 21.5 Å². The SMILES string of the molecule is Nc1nc(N)c(C(=O)/N=C2\NCC3(CCN(C(=O)c4cccc(S(=O)(=O)NCC5CCCO5)c4)CC3)N2)nc1Cl. The average Bonchev–Trinajstić information content (AvgIpc) is 3.60. The molecule has 1 aromatic heterocycles. The van der Waals surface area contributed by atoms with Gasteiger partial charge in [-0.1, -0.05) is 17.7 Å². The third-order valence-electron chi connectivity index (χ3n) is 7.22. The topological polar surface area (TPSA) is 207 Å². The fourth-order valence-electron chi connectivity index (χ4n) is 4.92. The second kappa shape index (κ2) is 11.2. The van der Waals surface area contributed by atoms with Crippen LogP contribution in [0, 0.1) is 0 Å². The van der Waals surface area contributed by atoms with Crippen molar-refractivity contribution in [2.45, 2.75) is 42.2 Å². The van der Waals surface area contributed by atoms with Gasteiger partial charge in [-0.05, 0) is 43.9 Å². The number of halogens is 1. The Bertz CT molecular complexity index is 1450. The number of hydrogen-bond donors (Lipinski definition) is 5. The molecule has 5 rings (SSSR count). The molecule has 16 heteroatoms. The third kappa shape index (κ3) is 5.96. The highest BCUT2D eigenvalue weighted by molar-refractivity contribution is 7.89. The lowest BCUT2D eigenvalue weighted by atomic mass is 9.88. The monoisotopic (exact) mass is 591 g/mol. The summed E-state index contributed by atoms with van der Waals surface area (Å²) in [5.41, 5.74) is 11.0. The standard InChI is InChI=1S/C24H30ClN9O5S/c25-18-20(27)31-19(26)17(30-18)21(35)32-23-28-13-24(33-23)6-8-34(9-7-24)22(36)14-3-1-5-16(11-14)40(37,38)29-12-15-4-2-10-39-15/h1,3,5,11,15,29H,2,4,6-10,12-13H2,(H4,26,27,31)(H2,28,32,33,35). The third-order valence-corrected chi connectivity index (χ3v) is 8.92. The summed E-state index contributed by atoms with van der Waals surface area (Å²) in [5, 5.41) is 6.19. The summed E-state index contributed by atoms with van der Waals surface area (Å²) < 4.78 is 33.6. The summed E-state index contributed by atoms with van der Waals surface area (Å²) in [4.78, 5) is 39.3. The van der Waals surface area contributed by atoms with E-state index in [4.69, 9.17) is 27.8 Å². The first-order valence-electron chi connectivity index (χ1n) is 12.8. The van der Waals surface area contributed by atoms with E-state index in [9.17, 15) is 18.0 Å². The van der Waals surface area contributed by atoms with Crippen molar-refractivity contribution >= 4 is 51.0 Å². The van der Waals surface area contributed by atoms with Crippen molar-refractivity contribution in [1.29, 1.82) is 0 Å². The van der Waals surface area contributed by atoms with Crippen molar-refractivity contribution in [2.75, 3.05) is 44.3 Å². The number of carbonyl (C=O) groups excluding carboxylic acids is 2. The molecule has 0 radical (unpaired) electrons. The van der Waals surface area contributed by atoms with Gasteiger partial charge in [0.2, 0.25) is 10.0 Å². The molecule has 214 valence electrons. The number of ether oxygens (including phenoxy) is 1. The van der Waals surface area contributed by atoms with Crippen molar-refractivity contribution in [3.63, 3.8) is 0 Å². The number of likely N-dealkylation sites (tertiary alicyclic amines) is 1. The van der Waals surface area contributed by atoms with E-state index in [-0.39, 0.29) is 51.9 Å². The smallest absolute Gasteiger partial charge is 0.302 e. The lowest BCUT2D eigenvalue weighted by Crippen LogP contribution is -2.53. The van der Waals surface area contributed by atoms with Crippen molar-refractivity contribution < 1.29 is 22.7 Å². The number of nitrogen functional groups attached to an aromatic ring is 2. The van der Waals surface area contributed by atoms with Crippen LogP contribution < -0.4 is 26.8 Å². The molecule has 0 aliphatic carbocycles. The molecule has 3 aliphatic heterocycles. The zero-order valence-electron chi connectivity index (χ0n) is 21.5. The Hall–Kier alpha value is -3.53. The van der Waals surface area contributed by atoms with Gasteiger partial charge in [-0.3, -0.25) is 9.59 Å². The van der Waals surface area contributed by atoms with E-state index in [2.05, 4.69) is 30.3 Å². The molecule has 0 bridgehead atoms. The summed E-state index contributed by atoms with van der Waals surface area (Å²) in [5.74, 6) is -0.985. The van der Waals surface area contributed by atoms with Crippen molar-refractivity contribution in [2.24, 2.45) is 4.99 Å². The number of carbonyl (C=O) groups is 2. The molecule has 3 aliphatic rings. The Morgan fingerprint density at radius 1 is 1.23 bits per heavy atom. The molecule has 2 aromatic rings. The molecule has 4 heterocycles. The van der Waals surface area contributed by atoms with Gasteiger partial charge in [0.25, 0.3) is 5.91 Å². The van der Waals surface area contributed by atoms with E-state index in [0.29, 0.717) is 44.6 Å². The van der Waals surface area contributed by atoms with Crippen LogP contribution in [-0.2, 0) is 14.8 Å². The van der Waals surface area contributed by atoms with Crippen molar-refractivity contribution in [3.05, 3.63) is 40.7 Å². The Morgan fingerprint density at radius 2 is 2.00 bits per heavy atom. The maximum absolute atomic E-state index is 13.2. The number of sulfonamides is 1. The lowest BCUT2D eigenvalue weighted by molar-refractivity contribution is 0.0668. The summed E-state index contributed by atoms with van der Waals surface area (Å²) >= 11 is 5.86. The molecular weight excluding hydrogens is 562 g/mol. The second-order valence-corrected chi connectivity index (χ2v) is 12.1. The highest BCUT2D eigenvalue weighted by Crippen LogP contribution is 2.26. The van der Waals surface area contributed by atoms with E-state index in [1.54, 1.807) is 17.0 Å². The number of benzene rings is 1. The van der Waals surface area contributed by atoms with Crippen LogP contribution in [0.4, 0.5) is 11.6 Å². The molecule has 3 saturated heterocycles. The van der Waals surface area contributed by atoms with Gasteiger partial charge in [-0.2, -0.15) is 4.99 Å². The van der Waals surface area contributed by atoms with E-state index in [1.807, 2.05) is 0 Å². The number of aliphatic imine (C=N–C) groups is 1. The second-order valence-electron chi connectivity index (χ2n) is 9.96. The fourth-order valence-corrected chi connectivity index (χ4v) is 6.16. The molecule has 1 aromatic carbocycles. The number of piperidine rings is 1. The number of nitrogens with zero attached hydrogens (tertiary/aromatic N) is 4. The zero-order chi connectivity index (χ0) is 28.5. The van der Waals surface area contributed by atoms with Gasteiger partial charge >= 0.3 is 5.91 Å². The Morgan fingerprint density at radius 3 is 2.73 bits per heavy atom. The summed E-state index contributed by atoms with van der Waals surface area (Å²) in [6.45, 7) is 2.18. The fraction of sp³-hybridized carbons (Fsp3) is 0.458. The molecular formula is C24H30ClN9O5S.